The summed E-state index contributed by atoms with van der Waals surface area (Å²) in [4.78, 5) is 0. The molecule has 0 aliphatic rings. The van der Waals surface area contributed by atoms with Crippen LogP contribution in [-0.4, -0.2) is 32.0 Å². The Morgan fingerprint density at radius 1 is 1.28 bits per heavy atom. The number of hydrogen-bond acceptors (Lipinski definition) is 4. The second kappa shape index (κ2) is 7.24. The summed E-state index contributed by atoms with van der Waals surface area (Å²) in [7, 11) is 3.30. The first kappa shape index (κ1) is 14.8. The van der Waals surface area contributed by atoms with Gasteiger partial charge in [0.1, 0.15) is 11.5 Å². The summed E-state index contributed by atoms with van der Waals surface area (Å²) < 4.78 is 10.6. The highest BCUT2D eigenvalue weighted by Crippen LogP contribution is 2.29. The van der Waals surface area contributed by atoms with Crippen LogP contribution in [0.2, 0.25) is 0 Å². The predicted molar refractivity (Wildman–Crippen MR) is 72.3 cm³/mol. The Hall–Kier alpha value is -1.26. The van der Waals surface area contributed by atoms with Crippen molar-refractivity contribution in [3.8, 4) is 11.5 Å². The van der Waals surface area contributed by atoms with Crippen LogP contribution >= 0.6 is 0 Å². The maximum Gasteiger partial charge on any atom is 0.123 e. The van der Waals surface area contributed by atoms with Crippen LogP contribution in [0.5, 0.6) is 11.5 Å². The third kappa shape index (κ3) is 3.62. The number of nitrogens with one attached hydrogen (secondary N) is 1. The fourth-order valence-electron chi connectivity index (χ4n) is 1.92. The second-order valence-corrected chi connectivity index (χ2v) is 4.28. The highest BCUT2D eigenvalue weighted by Gasteiger charge is 2.15. The van der Waals surface area contributed by atoms with Crippen molar-refractivity contribution in [3.63, 3.8) is 0 Å². The molecule has 2 atom stereocenters. The van der Waals surface area contributed by atoms with Crippen LogP contribution in [0.15, 0.2) is 18.2 Å². The Bertz CT molecular complexity index is 364. The Balaban J connectivity index is 2.91. The van der Waals surface area contributed by atoms with E-state index in [4.69, 9.17) is 9.47 Å². The minimum absolute atomic E-state index is 0.0900. The molecular weight excluding hydrogens is 230 g/mol. The van der Waals surface area contributed by atoms with Gasteiger partial charge in [0.25, 0.3) is 0 Å². The number of benzene rings is 1. The Morgan fingerprint density at radius 3 is 2.50 bits per heavy atom. The van der Waals surface area contributed by atoms with E-state index in [2.05, 4.69) is 12.2 Å². The van der Waals surface area contributed by atoms with Gasteiger partial charge in [-0.25, -0.2) is 0 Å². The van der Waals surface area contributed by atoms with Gasteiger partial charge in [-0.2, -0.15) is 0 Å². The molecule has 2 unspecified atom stereocenters. The molecule has 1 rings (SSSR count). The molecule has 0 radical (unpaired) electrons. The van der Waals surface area contributed by atoms with Crippen LogP contribution in [-0.2, 0) is 0 Å². The van der Waals surface area contributed by atoms with Crippen molar-refractivity contribution >= 4 is 0 Å². The van der Waals surface area contributed by atoms with Crippen LogP contribution in [0.25, 0.3) is 0 Å². The van der Waals surface area contributed by atoms with E-state index in [0.717, 1.165) is 23.5 Å². The lowest BCUT2D eigenvalue weighted by molar-refractivity contribution is 0.229. The third-order valence-electron chi connectivity index (χ3n) is 3.10. The van der Waals surface area contributed by atoms with Gasteiger partial charge in [0.15, 0.2) is 0 Å². The van der Waals surface area contributed by atoms with Gasteiger partial charge in [0, 0.05) is 17.6 Å². The lowest BCUT2D eigenvalue weighted by Gasteiger charge is -2.22. The van der Waals surface area contributed by atoms with Crippen LogP contribution < -0.4 is 14.8 Å². The van der Waals surface area contributed by atoms with Crippen LogP contribution in [0, 0.1) is 0 Å². The molecule has 0 saturated carbocycles. The fourth-order valence-corrected chi connectivity index (χ4v) is 1.92. The van der Waals surface area contributed by atoms with E-state index in [1.807, 2.05) is 25.1 Å². The van der Waals surface area contributed by atoms with Crippen molar-refractivity contribution < 1.29 is 14.6 Å². The van der Waals surface area contributed by atoms with Crippen molar-refractivity contribution in [1.29, 1.82) is 0 Å². The van der Waals surface area contributed by atoms with Gasteiger partial charge in [-0.15, -0.1) is 0 Å². The van der Waals surface area contributed by atoms with Crippen molar-refractivity contribution in [3.05, 3.63) is 23.8 Å². The summed E-state index contributed by atoms with van der Waals surface area (Å²) >= 11 is 0. The van der Waals surface area contributed by atoms with Crippen molar-refractivity contribution in [1.82, 2.24) is 5.32 Å². The van der Waals surface area contributed by atoms with E-state index in [1.54, 1.807) is 14.2 Å². The number of rotatable bonds is 7. The molecule has 0 saturated heterocycles. The number of hydrogen-bond donors (Lipinski definition) is 2. The molecule has 1 aromatic rings. The van der Waals surface area contributed by atoms with E-state index in [1.165, 1.54) is 0 Å². The maximum absolute atomic E-state index is 9.23. The van der Waals surface area contributed by atoms with Gasteiger partial charge in [-0.1, -0.05) is 6.92 Å². The summed E-state index contributed by atoms with van der Waals surface area (Å²) in [6, 6.07) is 5.91. The van der Waals surface area contributed by atoms with Gasteiger partial charge in [-0.05, 0) is 31.5 Å². The van der Waals surface area contributed by atoms with Gasteiger partial charge in [0.2, 0.25) is 0 Å². The standard InChI is InChI=1S/C14H23NO3/c1-5-11(9-16)15-10(2)13-8-12(17-3)6-7-14(13)18-4/h6-8,10-11,15-16H,5,9H2,1-4H3. The summed E-state index contributed by atoms with van der Waals surface area (Å²) in [5.74, 6) is 1.63. The summed E-state index contributed by atoms with van der Waals surface area (Å²) in [5, 5.41) is 12.6. The number of methoxy groups -OCH3 is 2. The number of aliphatic hydroxyl groups is 1. The van der Waals surface area contributed by atoms with E-state index in [-0.39, 0.29) is 18.7 Å². The molecule has 0 aliphatic carbocycles. The number of ether oxygens (including phenoxy) is 2. The molecule has 1 aromatic carbocycles. The lowest BCUT2D eigenvalue weighted by atomic mass is 10.0. The van der Waals surface area contributed by atoms with Crippen molar-refractivity contribution in [2.45, 2.75) is 32.4 Å². The zero-order valence-corrected chi connectivity index (χ0v) is 11.6. The van der Waals surface area contributed by atoms with Crippen molar-refractivity contribution in [2.24, 2.45) is 0 Å². The highest BCUT2D eigenvalue weighted by atomic mass is 16.5. The predicted octanol–water partition coefficient (Wildman–Crippen LogP) is 2.13. The minimum atomic E-state index is 0.0900. The molecule has 0 fully saturated rings. The normalized spacial score (nSPS) is 14.1. The van der Waals surface area contributed by atoms with Gasteiger partial charge in [0.05, 0.1) is 20.8 Å². The average Bonchev–Trinajstić information content (AvgIpc) is 2.43. The van der Waals surface area contributed by atoms with E-state index < -0.39 is 0 Å². The Labute approximate surface area is 109 Å². The quantitative estimate of drug-likeness (QED) is 0.781. The molecule has 4 heteroatoms. The van der Waals surface area contributed by atoms with Crippen LogP contribution in [0.1, 0.15) is 31.9 Å². The fraction of sp³-hybridized carbons (Fsp3) is 0.571. The molecule has 2 N–H and O–H groups in total. The summed E-state index contributed by atoms with van der Waals surface area (Å²) in [6.07, 6.45) is 0.882. The Morgan fingerprint density at radius 2 is 2.00 bits per heavy atom. The van der Waals surface area contributed by atoms with Gasteiger partial charge >= 0.3 is 0 Å². The zero-order chi connectivity index (χ0) is 13.5. The first-order valence-electron chi connectivity index (χ1n) is 6.25. The molecule has 102 valence electrons. The third-order valence-corrected chi connectivity index (χ3v) is 3.10. The molecule has 0 aliphatic heterocycles. The molecule has 0 spiro atoms. The van der Waals surface area contributed by atoms with Gasteiger partial charge < -0.3 is 19.9 Å². The lowest BCUT2D eigenvalue weighted by Crippen LogP contribution is -2.34. The van der Waals surface area contributed by atoms with E-state index >= 15 is 0 Å². The topological polar surface area (TPSA) is 50.7 Å². The molecule has 4 nitrogen and oxygen atoms in total. The van der Waals surface area contributed by atoms with Crippen LogP contribution in [0.4, 0.5) is 0 Å². The van der Waals surface area contributed by atoms with E-state index in [0.29, 0.717) is 0 Å². The maximum atomic E-state index is 9.23. The molecule has 0 aromatic heterocycles. The van der Waals surface area contributed by atoms with Gasteiger partial charge in [-0.3, -0.25) is 0 Å². The molecule has 0 amide bonds. The Kier molecular flexibility index (Phi) is 5.95. The zero-order valence-electron chi connectivity index (χ0n) is 11.6. The van der Waals surface area contributed by atoms with E-state index in [9.17, 15) is 5.11 Å². The molecular formula is C14H23NO3. The molecule has 0 bridgehead atoms. The number of aliphatic hydroxyl groups excluding tert-OH is 1. The minimum Gasteiger partial charge on any atom is -0.497 e. The summed E-state index contributed by atoms with van der Waals surface area (Å²) in [6.45, 7) is 4.23. The second-order valence-electron chi connectivity index (χ2n) is 4.28. The average molecular weight is 253 g/mol. The first-order valence-corrected chi connectivity index (χ1v) is 6.25. The van der Waals surface area contributed by atoms with Crippen LogP contribution in [0.3, 0.4) is 0 Å². The SMILES string of the molecule is CCC(CO)NC(C)c1cc(OC)ccc1OC. The smallest absolute Gasteiger partial charge is 0.123 e. The molecule has 0 heterocycles. The monoisotopic (exact) mass is 253 g/mol. The van der Waals surface area contributed by atoms with Crippen molar-refractivity contribution in [2.75, 3.05) is 20.8 Å². The summed E-state index contributed by atoms with van der Waals surface area (Å²) in [5.41, 5.74) is 1.03. The molecule has 18 heavy (non-hydrogen) atoms. The first-order chi connectivity index (χ1) is 8.65. The largest absolute Gasteiger partial charge is 0.497 e. The highest BCUT2D eigenvalue weighted by molar-refractivity contribution is 5.42.